The van der Waals surface area contributed by atoms with Crippen LogP contribution in [0.25, 0.3) is 121 Å². The molecule has 0 saturated carbocycles. The summed E-state index contributed by atoms with van der Waals surface area (Å²) < 4.78 is 0. The number of aromatic nitrogens is 3. The Hall–Kier alpha value is -8.01. The predicted octanol–water partition coefficient (Wildman–Crippen LogP) is 15.1. The summed E-state index contributed by atoms with van der Waals surface area (Å²) in [6, 6.07) is 75.9. The van der Waals surface area contributed by atoms with E-state index < -0.39 is 0 Å². The normalized spacial score (nSPS) is 11.7. The zero-order chi connectivity index (χ0) is 39.6. The maximum Gasteiger partial charge on any atom is 0.160 e. The molecule has 2 aromatic heterocycles. The summed E-state index contributed by atoms with van der Waals surface area (Å²) in [5.74, 6) is 0.711. The van der Waals surface area contributed by atoms with Crippen molar-refractivity contribution >= 4 is 64.9 Å². The second-order valence-corrected chi connectivity index (χ2v) is 15.6. The summed E-state index contributed by atoms with van der Waals surface area (Å²) in [5, 5.41) is 11.8. The van der Waals surface area contributed by atoms with Gasteiger partial charge in [-0.15, -0.1) is 0 Å². The monoisotopic (exact) mass is 761 g/mol. The first-order valence-electron chi connectivity index (χ1n) is 20.4. The van der Waals surface area contributed by atoms with Gasteiger partial charge in [0.15, 0.2) is 5.82 Å². The molecule has 3 nitrogen and oxygen atoms in total. The highest BCUT2D eigenvalue weighted by molar-refractivity contribution is 6.25. The Kier molecular flexibility index (Phi) is 7.85. The van der Waals surface area contributed by atoms with Crippen molar-refractivity contribution < 1.29 is 0 Å². The second kappa shape index (κ2) is 13.8. The number of pyridine rings is 1. The van der Waals surface area contributed by atoms with Gasteiger partial charge in [-0.3, -0.25) is 0 Å². The van der Waals surface area contributed by atoms with E-state index in [0.29, 0.717) is 5.82 Å². The fraction of sp³-hybridized carbons (Fsp3) is 0. The number of nitrogens with zero attached hydrogens (tertiary/aromatic N) is 3. The van der Waals surface area contributed by atoms with Crippen LogP contribution in [0.4, 0.5) is 0 Å². The van der Waals surface area contributed by atoms with Crippen LogP contribution in [0.15, 0.2) is 212 Å². The zero-order valence-electron chi connectivity index (χ0n) is 32.5. The van der Waals surface area contributed by atoms with Gasteiger partial charge < -0.3 is 0 Å². The molecule has 0 atom stereocenters. The third-order valence-electron chi connectivity index (χ3n) is 12.0. The van der Waals surface area contributed by atoms with E-state index in [9.17, 15) is 0 Å². The van der Waals surface area contributed by atoms with Gasteiger partial charge in [0.2, 0.25) is 0 Å². The van der Waals surface area contributed by atoms with E-state index in [0.717, 1.165) is 72.0 Å². The molecule has 12 rings (SSSR count). The van der Waals surface area contributed by atoms with Gasteiger partial charge in [0.1, 0.15) is 0 Å². The topological polar surface area (TPSA) is 38.7 Å². The van der Waals surface area contributed by atoms with E-state index in [-0.39, 0.29) is 0 Å². The van der Waals surface area contributed by atoms with Crippen molar-refractivity contribution in [1.82, 2.24) is 15.0 Å². The zero-order valence-corrected chi connectivity index (χ0v) is 32.5. The summed E-state index contributed by atoms with van der Waals surface area (Å²) in [6.07, 6.45) is 0. The molecule has 10 aromatic carbocycles. The lowest BCUT2D eigenvalue weighted by Crippen LogP contribution is -1.95. The first kappa shape index (κ1) is 34.1. The SMILES string of the molecule is c1cc(-c2ccc(-c3nc(-c4ccc5ccccc5c4)c4ccccc4n3)cc2)cc(-c2cc3c(-c4ccc5ccccc5c4)nc4ccccc4c3c3ccccc23)c1. The van der Waals surface area contributed by atoms with Crippen molar-refractivity contribution in [3.05, 3.63) is 212 Å². The van der Waals surface area contributed by atoms with Crippen molar-refractivity contribution in [2.45, 2.75) is 0 Å². The van der Waals surface area contributed by atoms with Gasteiger partial charge >= 0.3 is 0 Å². The molecule has 0 radical (unpaired) electrons. The van der Waals surface area contributed by atoms with Crippen molar-refractivity contribution in [2.75, 3.05) is 0 Å². The average Bonchev–Trinajstić information content (AvgIpc) is 3.32. The quantitative estimate of drug-likeness (QED) is 0.164. The van der Waals surface area contributed by atoms with Crippen LogP contribution in [0.1, 0.15) is 0 Å². The maximum absolute atomic E-state index is 5.36. The third-order valence-corrected chi connectivity index (χ3v) is 12.0. The van der Waals surface area contributed by atoms with E-state index in [2.05, 4.69) is 206 Å². The smallest absolute Gasteiger partial charge is 0.160 e. The number of hydrogen-bond acceptors (Lipinski definition) is 3. The van der Waals surface area contributed by atoms with Gasteiger partial charge in [-0.2, -0.15) is 0 Å². The van der Waals surface area contributed by atoms with Gasteiger partial charge in [-0.05, 0) is 91.0 Å². The molecule has 60 heavy (non-hydrogen) atoms. The minimum Gasteiger partial charge on any atom is -0.247 e. The Morgan fingerprint density at radius 1 is 0.250 bits per heavy atom. The molecule has 3 heteroatoms. The summed E-state index contributed by atoms with van der Waals surface area (Å²) in [5.41, 5.74) is 11.6. The molecule has 0 saturated heterocycles. The predicted molar refractivity (Wildman–Crippen MR) is 252 cm³/mol. The van der Waals surface area contributed by atoms with Crippen molar-refractivity contribution in [2.24, 2.45) is 0 Å². The Balaban J connectivity index is 0.974. The standard InChI is InChI=1S/C57H35N3/c1-3-14-40-33-44(30-26-36(40)12-1)55-49-21-8-10-23-53(49)59-57(60-55)39-28-24-38(25-29-39)42-16-11-17-43(32-42)50-35-51-54(47-19-6-5-18-46(47)50)48-20-7-9-22-52(48)58-56(51)45-31-27-37-13-2-4-15-41(37)34-45/h1-35H. The Morgan fingerprint density at radius 2 is 0.767 bits per heavy atom. The molecule has 12 aromatic rings. The molecule has 2 heterocycles. The van der Waals surface area contributed by atoms with Crippen molar-refractivity contribution in [3.63, 3.8) is 0 Å². The summed E-state index contributed by atoms with van der Waals surface area (Å²) in [4.78, 5) is 15.6. The summed E-state index contributed by atoms with van der Waals surface area (Å²) in [6.45, 7) is 0. The van der Waals surface area contributed by atoms with Crippen LogP contribution >= 0.6 is 0 Å². The van der Waals surface area contributed by atoms with E-state index in [1.807, 2.05) is 6.07 Å². The fourth-order valence-corrected chi connectivity index (χ4v) is 9.05. The van der Waals surface area contributed by atoms with Gasteiger partial charge in [0, 0.05) is 38.2 Å². The minimum absolute atomic E-state index is 0.711. The molecule has 0 N–H and O–H groups in total. The minimum atomic E-state index is 0.711. The van der Waals surface area contributed by atoms with Crippen LogP contribution in [0.5, 0.6) is 0 Å². The molecular formula is C57H35N3. The number of rotatable bonds is 5. The number of para-hydroxylation sites is 2. The highest BCUT2D eigenvalue weighted by Crippen LogP contribution is 2.43. The number of benzene rings is 10. The lowest BCUT2D eigenvalue weighted by molar-refractivity contribution is 1.23. The molecule has 0 fully saturated rings. The molecule has 0 aliphatic carbocycles. The van der Waals surface area contributed by atoms with Crippen LogP contribution in [0.2, 0.25) is 0 Å². The van der Waals surface area contributed by atoms with Gasteiger partial charge in [-0.25, -0.2) is 15.0 Å². The Labute approximate surface area is 346 Å². The number of fused-ring (bicyclic) bond motifs is 8. The van der Waals surface area contributed by atoms with Crippen LogP contribution in [0.3, 0.4) is 0 Å². The highest BCUT2D eigenvalue weighted by atomic mass is 14.9. The highest BCUT2D eigenvalue weighted by Gasteiger charge is 2.18. The molecular weight excluding hydrogens is 727 g/mol. The molecule has 0 bridgehead atoms. The largest absolute Gasteiger partial charge is 0.247 e. The van der Waals surface area contributed by atoms with E-state index in [1.54, 1.807) is 0 Å². The first-order valence-corrected chi connectivity index (χ1v) is 20.4. The van der Waals surface area contributed by atoms with E-state index in [1.165, 1.54) is 43.3 Å². The van der Waals surface area contributed by atoms with Crippen LogP contribution < -0.4 is 0 Å². The van der Waals surface area contributed by atoms with Crippen LogP contribution in [-0.2, 0) is 0 Å². The van der Waals surface area contributed by atoms with Gasteiger partial charge in [0.05, 0.1) is 22.4 Å². The van der Waals surface area contributed by atoms with Crippen molar-refractivity contribution in [1.29, 1.82) is 0 Å². The molecule has 278 valence electrons. The molecule has 0 amide bonds. The Bertz CT molecular complexity index is 3660. The molecule has 0 aliphatic heterocycles. The maximum atomic E-state index is 5.36. The lowest BCUT2D eigenvalue weighted by Gasteiger charge is -2.17. The first-order chi connectivity index (χ1) is 29.7. The molecule has 0 spiro atoms. The van der Waals surface area contributed by atoms with Crippen LogP contribution in [-0.4, -0.2) is 15.0 Å². The lowest BCUT2D eigenvalue weighted by atomic mass is 9.89. The summed E-state index contributed by atoms with van der Waals surface area (Å²) >= 11 is 0. The third kappa shape index (κ3) is 5.71. The molecule has 0 aliphatic rings. The fourth-order valence-electron chi connectivity index (χ4n) is 9.05. The second-order valence-electron chi connectivity index (χ2n) is 15.6. The van der Waals surface area contributed by atoms with E-state index in [4.69, 9.17) is 15.0 Å². The average molecular weight is 762 g/mol. The van der Waals surface area contributed by atoms with E-state index >= 15 is 0 Å². The van der Waals surface area contributed by atoms with Crippen LogP contribution in [0, 0.1) is 0 Å². The number of hydrogen-bond donors (Lipinski definition) is 0. The Morgan fingerprint density at radius 3 is 1.47 bits per heavy atom. The van der Waals surface area contributed by atoms with Gasteiger partial charge in [-0.1, -0.05) is 176 Å². The van der Waals surface area contributed by atoms with Crippen molar-refractivity contribution in [3.8, 4) is 56.2 Å². The summed E-state index contributed by atoms with van der Waals surface area (Å²) in [7, 11) is 0. The van der Waals surface area contributed by atoms with Gasteiger partial charge in [0.25, 0.3) is 0 Å². The molecule has 0 unspecified atom stereocenters.